The molecule has 0 radical (unpaired) electrons. The summed E-state index contributed by atoms with van der Waals surface area (Å²) < 4.78 is 3.33. The van der Waals surface area contributed by atoms with Crippen molar-refractivity contribution in [1.82, 2.24) is 14.9 Å². The van der Waals surface area contributed by atoms with Gasteiger partial charge in [-0.1, -0.05) is 72.3 Å². The molecule has 1 unspecified atom stereocenters. The van der Waals surface area contributed by atoms with Gasteiger partial charge in [-0.3, -0.25) is 0 Å². The van der Waals surface area contributed by atoms with E-state index in [1.54, 1.807) is 0 Å². The van der Waals surface area contributed by atoms with Crippen LogP contribution in [0.25, 0.3) is 22.3 Å². The van der Waals surface area contributed by atoms with E-state index in [9.17, 15) is 0 Å². The van der Waals surface area contributed by atoms with E-state index in [4.69, 9.17) is 17.2 Å². The number of aryl methyl sites for hydroxylation is 2. The minimum Gasteiger partial charge on any atom is -0.326 e. The van der Waals surface area contributed by atoms with Crippen LogP contribution in [-0.4, -0.2) is 15.6 Å². The fraction of sp³-hybridized carbons (Fsp3) is 0.484. The summed E-state index contributed by atoms with van der Waals surface area (Å²) in [5.74, 6) is 0.353. The van der Waals surface area contributed by atoms with Crippen LogP contribution < -0.4 is 5.32 Å². The monoisotopic (exact) mass is 487 g/mol. The van der Waals surface area contributed by atoms with Crippen LogP contribution in [0.1, 0.15) is 93.7 Å². The summed E-state index contributed by atoms with van der Waals surface area (Å²) in [6, 6.07) is 7.48. The lowest BCUT2D eigenvalue weighted by atomic mass is 9.81. The van der Waals surface area contributed by atoms with E-state index < -0.39 is 0 Å². The first-order valence-corrected chi connectivity index (χ1v) is 13.8. The molecule has 5 rings (SSSR count). The maximum absolute atomic E-state index is 6.07. The van der Waals surface area contributed by atoms with E-state index in [0.717, 1.165) is 54.6 Å². The Morgan fingerprint density at radius 2 is 1.91 bits per heavy atom. The number of pyridine rings is 2. The predicted molar refractivity (Wildman–Crippen MR) is 153 cm³/mol. The van der Waals surface area contributed by atoms with Gasteiger partial charge in [-0.15, -0.1) is 0 Å². The molecule has 35 heavy (non-hydrogen) atoms. The summed E-state index contributed by atoms with van der Waals surface area (Å²) in [6.07, 6.45) is 4.28. The molecule has 0 saturated heterocycles. The highest BCUT2D eigenvalue weighted by Crippen LogP contribution is 2.42. The van der Waals surface area contributed by atoms with Crippen molar-refractivity contribution in [3.63, 3.8) is 0 Å². The van der Waals surface area contributed by atoms with Gasteiger partial charge in [-0.05, 0) is 72.2 Å². The Bertz CT molecular complexity index is 1350. The molecule has 1 aliphatic carbocycles. The molecule has 0 fully saturated rings. The fourth-order valence-corrected chi connectivity index (χ4v) is 5.96. The van der Waals surface area contributed by atoms with Crippen molar-refractivity contribution in [3.8, 4) is 11.4 Å². The molecule has 3 aromatic rings. The number of hydrogen-bond donors (Lipinski definition) is 1. The van der Waals surface area contributed by atoms with Gasteiger partial charge in [0.25, 0.3) is 0 Å². The van der Waals surface area contributed by atoms with E-state index >= 15 is 0 Å². The van der Waals surface area contributed by atoms with Crippen LogP contribution in [0.2, 0.25) is 0 Å². The first-order chi connectivity index (χ1) is 16.8. The minimum atomic E-state index is 0.353. The van der Waals surface area contributed by atoms with Gasteiger partial charge in [0, 0.05) is 29.5 Å². The van der Waals surface area contributed by atoms with Crippen molar-refractivity contribution in [1.29, 1.82) is 0 Å². The number of allylic oxidation sites excluding steroid dienone is 1. The van der Waals surface area contributed by atoms with Crippen molar-refractivity contribution < 1.29 is 0 Å². The van der Waals surface area contributed by atoms with Gasteiger partial charge < -0.3 is 9.88 Å². The zero-order chi connectivity index (χ0) is 25.4. The second-order valence-electron chi connectivity index (χ2n) is 10.2. The molecule has 3 heterocycles. The van der Waals surface area contributed by atoms with Gasteiger partial charge in [-0.2, -0.15) is 0 Å². The molecule has 4 heteroatoms. The Hall–Kier alpha value is -2.30. The van der Waals surface area contributed by atoms with Crippen LogP contribution >= 0.6 is 12.2 Å². The molecule has 0 amide bonds. The summed E-state index contributed by atoms with van der Waals surface area (Å²) in [4.78, 5) is 5.29. The quantitative estimate of drug-likeness (QED) is 0.227. The van der Waals surface area contributed by atoms with Gasteiger partial charge in [-0.25, -0.2) is 4.98 Å². The fourth-order valence-electron chi connectivity index (χ4n) is 5.58. The first kappa shape index (κ1) is 25.8. The van der Waals surface area contributed by atoms with Crippen LogP contribution in [0, 0.1) is 11.6 Å². The lowest BCUT2D eigenvalue weighted by molar-refractivity contribution is 0.587. The third-order valence-electron chi connectivity index (χ3n) is 7.64. The molecule has 1 atom stereocenters. The Kier molecular flexibility index (Phi) is 7.63. The first-order valence-electron chi connectivity index (χ1n) is 13.4. The average molecular weight is 488 g/mol. The number of rotatable bonds is 5. The van der Waals surface area contributed by atoms with Crippen molar-refractivity contribution >= 4 is 23.1 Å². The number of nitrogens with zero attached hydrogens (tertiary/aromatic N) is 2. The maximum atomic E-state index is 6.07. The van der Waals surface area contributed by atoms with E-state index in [1.165, 1.54) is 50.0 Å². The molecule has 186 valence electrons. The van der Waals surface area contributed by atoms with Crippen LogP contribution in [0.3, 0.4) is 0 Å². The second-order valence-corrected chi connectivity index (χ2v) is 10.6. The van der Waals surface area contributed by atoms with Crippen molar-refractivity contribution in [2.75, 3.05) is 0 Å². The van der Waals surface area contributed by atoms with Gasteiger partial charge in [0.2, 0.25) is 0 Å². The van der Waals surface area contributed by atoms with Gasteiger partial charge in [0.05, 0.1) is 23.4 Å². The Balaban J connectivity index is 0.00000141. The molecule has 0 spiro atoms. The van der Waals surface area contributed by atoms with Crippen LogP contribution in [0.15, 0.2) is 30.4 Å². The average Bonchev–Trinajstić information content (AvgIpc) is 3.20. The van der Waals surface area contributed by atoms with Gasteiger partial charge in [0.15, 0.2) is 0 Å². The normalized spacial score (nSPS) is 16.1. The summed E-state index contributed by atoms with van der Waals surface area (Å²) in [5, 5.41) is 4.96. The maximum Gasteiger partial charge on any atom is 0.110 e. The Labute approximate surface area is 216 Å². The second kappa shape index (κ2) is 10.4. The molecule has 2 aromatic heterocycles. The third-order valence-corrected chi connectivity index (χ3v) is 8.10. The molecule has 1 aliphatic heterocycles. The molecule has 0 bridgehead atoms. The number of hydrogen-bond acceptors (Lipinski definition) is 3. The molecule has 2 aliphatic rings. The summed E-state index contributed by atoms with van der Waals surface area (Å²) in [6.45, 7) is 21.2. The third kappa shape index (κ3) is 4.51. The van der Waals surface area contributed by atoms with Crippen LogP contribution in [0.4, 0.5) is 0 Å². The molecular weight excluding hydrogens is 446 g/mol. The minimum absolute atomic E-state index is 0.353. The zero-order valence-corrected chi connectivity index (χ0v) is 23.5. The largest absolute Gasteiger partial charge is 0.326 e. The number of aromatic nitrogens is 2. The highest BCUT2D eigenvalue weighted by atomic mass is 32.1. The SMILES string of the molecule is C=C1CCc2c(cc3n(c2=S)Cc2c-3nc3cc(CCC)c(C)cc3c2CNC(C)C)C1C.CC. The van der Waals surface area contributed by atoms with Gasteiger partial charge in [0.1, 0.15) is 4.64 Å². The van der Waals surface area contributed by atoms with Gasteiger partial charge >= 0.3 is 0 Å². The Morgan fingerprint density at radius 1 is 1.17 bits per heavy atom. The molecule has 1 N–H and O–H groups in total. The van der Waals surface area contributed by atoms with Crippen LogP contribution in [0.5, 0.6) is 0 Å². The van der Waals surface area contributed by atoms with Crippen molar-refractivity contribution in [2.24, 2.45) is 0 Å². The predicted octanol–water partition coefficient (Wildman–Crippen LogP) is 8.19. The van der Waals surface area contributed by atoms with E-state index in [1.807, 2.05) is 13.8 Å². The standard InChI is InChI=1S/C29H35N3S.C2H6/c1-7-8-20-12-26-23(11-18(20)5)24(14-30-16(2)3)25-15-32-27(28(25)31-26)13-22-19(6)17(4)9-10-21(22)29(32)33;1-2/h11-13,16,19,30H,4,7-10,14-15H2,1-3,5-6H3;1-2H3. The molecule has 3 nitrogen and oxygen atoms in total. The van der Waals surface area contributed by atoms with Crippen molar-refractivity contribution in [2.45, 2.75) is 99.2 Å². The highest BCUT2D eigenvalue weighted by Gasteiger charge is 2.30. The summed E-state index contributed by atoms with van der Waals surface area (Å²) in [5.41, 5.74) is 12.9. The van der Waals surface area contributed by atoms with Crippen LogP contribution in [-0.2, 0) is 25.9 Å². The number of fused-ring (bicyclic) bond motifs is 5. The zero-order valence-electron chi connectivity index (χ0n) is 22.6. The summed E-state index contributed by atoms with van der Waals surface area (Å²) >= 11 is 6.07. The topological polar surface area (TPSA) is 29.9 Å². The van der Waals surface area contributed by atoms with Crippen molar-refractivity contribution in [3.05, 3.63) is 68.4 Å². The van der Waals surface area contributed by atoms with E-state index in [2.05, 4.69) is 69.3 Å². The smallest absolute Gasteiger partial charge is 0.110 e. The van der Waals surface area contributed by atoms with E-state index in [0.29, 0.717) is 12.0 Å². The lowest BCUT2D eigenvalue weighted by Gasteiger charge is -2.26. The lowest BCUT2D eigenvalue weighted by Crippen LogP contribution is -2.23. The highest BCUT2D eigenvalue weighted by molar-refractivity contribution is 7.71. The van der Waals surface area contributed by atoms with E-state index in [-0.39, 0.29) is 0 Å². The number of nitrogens with one attached hydrogen (secondary N) is 1. The summed E-state index contributed by atoms with van der Waals surface area (Å²) in [7, 11) is 0. The molecule has 0 saturated carbocycles. The Morgan fingerprint density at radius 3 is 2.60 bits per heavy atom. The number of benzene rings is 1. The molecule has 1 aromatic carbocycles. The molecular formula is C31H41N3S.